The van der Waals surface area contributed by atoms with Gasteiger partial charge in [-0.1, -0.05) is 12.8 Å². The van der Waals surface area contributed by atoms with E-state index in [2.05, 4.69) is 15.6 Å². The Morgan fingerprint density at radius 1 is 1.22 bits per heavy atom. The van der Waals surface area contributed by atoms with Crippen LogP contribution in [0.5, 0.6) is 0 Å². The third-order valence-corrected chi connectivity index (χ3v) is 5.25. The van der Waals surface area contributed by atoms with Gasteiger partial charge in [0.15, 0.2) is 5.96 Å². The van der Waals surface area contributed by atoms with E-state index in [1.54, 1.807) is 26.0 Å². The van der Waals surface area contributed by atoms with Crippen molar-refractivity contribution in [2.75, 3.05) is 46.2 Å². The van der Waals surface area contributed by atoms with Crippen LogP contribution in [-0.4, -0.2) is 71.4 Å². The number of amides is 1. The van der Waals surface area contributed by atoms with Crippen molar-refractivity contribution >= 4 is 21.7 Å². The van der Waals surface area contributed by atoms with Crippen LogP contribution in [0.15, 0.2) is 4.99 Å². The van der Waals surface area contributed by atoms with Crippen LogP contribution in [0.4, 0.5) is 0 Å². The Labute approximate surface area is 139 Å². The average Bonchev–Trinajstić information content (AvgIpc) is 2.94. The highest BCUT2D eigenvalue weighted by Gasteiger charge is 2.42. The summed E-state index contributed by atoms with van der Waals surface area (Å²) < 4.78 is 22.2. The highest BCUT2D eigenvalue weighted by Crippen LogP contribution is 2.38. The second kappa shape index (κ2) is 8.52. The van der Waals surface area contributed by atoms with E-state index in [-0.39, 0.29) is 17.1 Å². The molecular weight excluding hydrogens is 316 g/mol. The zero-order chi connectivity index (χ0) is 17.5. The molecule has 1 aliphatic carbocycles. The van der Waals surface area contributed by atoms with Gasteiger partial charge in [-0.2, -0.15) is 0 Å². The summed E-state index contributed by atoms with van der Waals surface area (Å²) in [6.07, 6.45) is 5.69. The third-order valence-electron chi connectivity index (χ3n) is 4.22. The molecule has 0 aromatic heterocycles. The molecule has 1 fully saturated rings. The van der Waals surface area contributed by atoms with E-state index in [1.165, 1.54) is 6.26 Å². The molecule has 0 aromatic carbocycles. The van der Waals surface area contributed by atoms with Gasteiger partial charge in [0.25, 0.3) is 0 Å². The molecule has 0 bridgehead atoms. The number of hydrogen-bond acceptors (Lipinski definition) is 4. The van der Waals surface area contributed by atoms with Gasteiger partial charge < -0.3 is 15.5 Å². The maximum atomic E-state index is 12.5. The lowest BCUT2D eigenvalue weighted by atomic mass is 9.84. The number of carbonyl (C=O) groups excluding carboxylic acids is 1. The van der Waals surface area contributed by atoms with Crippen LogP contribution in [0.25, 0.3) is 0 Å². The molecule has 0 aliphatic heterocycles. The molecule has 0 spiro atoms. The summed E-state index contributed by atoms with van der Waals surface area (Å²) in [6.45, 7) is 1.08. The monoisotopic (exact) mass is 346 g/mol. The van der Waals surface area contributed by atoms with E-state index < -0.39 is 9.84 Å². The summed E-state index contributed by atoms with van der Waals surface area (Å²) >= 11 is 0. The van der Waals surface area contributed by atoms with Crippen molar-refractivity contribution in [1.82, 2.24) is 15.5 Å². The molecule has 23 heavy (non-hydrogen) atoms. The van der Waals surface area contributed by atoms with E-state index in [0.29, 0.717) is 25.5 Å². The standard InChI is InChI=1S/C15H30N4O3S/c1-16-14(17-10-7-11-23(4,21)22)18-12-15(8-5-6-9-15)13(20)19(2)3/h5-12H2,1-4H3,(H2,16,17,18). The normalized spacial score (nSPS) is 17.8. The predicted octanol–water partition coefficient (Wildman–Crippen LogP) is 0.235. The number of rotatable bonds is 7. The molecule has 0 heterocycles. The first-order valence-electron chi connectivity index (χ1n) is 8.04. The Morgan fingerprint density at radius 3 is 2.30 bits per heavy atom. The first-order valence-corrected chi connectivity index (χ1v) is 10.1. The molecule has 1 rings (SSSR count). The number of nitrogens with zero attached hydrogens (tertiary/aromatic N) is 2. The molecule has 0 atom stereocenters. The molecule has 0 aromatic rings. The van der Waals surface area contributed by atoms with Crippen LogP contribution < -0.4 is 10.6 Å². The Bertz CT molecular complexity index is 523. The lowest BCUT2D eigenvalue weighted by Gasteiger charge is -2.31. The second-order valence-electron chi connectivity index (χ2n) is 6.52. The minimum absolute atomic E-state index is 0.153. The van der Waals surface area contributed by atoms with Crippen molar-refractivity contribution in [3.63, 3.8) is 0 Å². The van der Waals surface area contributed by atoms with Crippen molar-refractivity contribution in [2.24, 2.45) is 10.4 Å². The summed E-state index contributed by atoms with van der Waals surface area (Å²) in [5.41, 5.74) is -0.353. The van der Waals surface area contributed by atoms with Gasteiger partial charge in [-0.3, -0.25) is 9.79 Å². The van der Waals surface area contributed by atoms with Crippen molar-refractivity contribution in [1.29, 1.82) is 0 Å². The van der Waals surface area contributed by atoms with Gasteiger partial charge in [0.2, 0.25) is 5.91 Å². The van der Waals surface area contributed by atoms with E-state index in [1.807, 2.05) is 0 Å². The molecule has 0 unspecified atom stereocenters. The number of sulfone groups is 1. The molecule has 8 heteroatoms. The summed E-state index contributed by atoms with van der Waals surface area (Å²) in [6, 6.07) is 0. The Hall–Kier alpha value is -1.31. The van der Waals surface area contributed by atoms with E-state index in [9.17, 15) is 13.2 Å². The minimum Gasteiger partial charge on any atom is -0.356 e. The summed E-state index contributed by atoms with van der Waals surface area (Å²) in [4.78, 5) is 18.3. The Kier molecular flexibility index (Phi) is 7.31. The van der Waals surface area contributed by atoms with Crippen LogP contribution in [-0.2, 0) is 14.6 Å². The van der Waals surface area contributed by atoms with Gasteiger partial charge in [-0.25, -0.2) is 8.42 Å². The fourth-order valence-electron chi connectivity index (χ4n) is 3.01. The van der Waals surface area contributed by atoms with Crippen LogP contribution in [0, 0.1) is 5.41 Å². The van der Waals surface area contributed by atoms with Crippen molar-refractivity contribution in [3.8, 4) is 0 Å². The topological polar surface area (TPSA) is 90.9 Å². The largest absolute Gasteiger partial charge is 0.356 e. The SMILES string of the molecule is CN=C(NCCCS(C)(=O)=O)NCC1(C(=O)N(C)C)CCCC1. The molecule has 1 aliphatic rings. The highest BCUT2D eigenvalue weighted by molar-refractivity contribution is 7.90. The second-order valence-corrected chi connectivity index (χ2v) is 8.78. The highest BCUT2D eigenvalue weighted by atomic mass is 32.2. The Balaban J connectivity index is 2.50. The van der Waals surface area contributed by atoms with Gasteiger partial charge in [0.05, 0.1) is 11.2 Å². The molecule has 134 valence electrons. The molecule has 0 radical (unpaired) electrons. The first kappa shape index (κ1) is 19.7. The van der Waals surface area contributed by atoms with Crippen molar-refractivity contribution < 1.29 is 13.2 Å². The van der Waals surface area contributed by atoms with Crippen LogP contribution >= 0.6 is 0 Å². The van der Waals surface area contributed by atoms with Crippen LogP contribution in [0.1, 0.15) is 32.1 Å². The molecule has 1 saturated carbocycles. The van der Waals surface area contributed by atoms with Gasteiger partial charge in [0, 0.05) is 40.5 Å². The summed E-state index contributed by atoms with van der Waals surface area (Å²) in [5, 5.41) is 6.33. The third kappa shape index (κ3) is 6.37. The van der Waals surface area contributed by atoms with Gasteiger partial charge in [-0.15, -0.1) is 0 Å². The quantitative estimate of drug-likeness (QED) is 0.391. The fourth-order valence-corrected chi connectivity index (χ4v) is 3.68. The lowest BCUT2D eigenvalue weighted by molar-refractivity contribution is -0.138. The Morgan fingerprint density at radius 2 is 1.83 bits per heavy atom. The fraction of sp³-hybridized carbons (Fsp3) is 0.867. The lowest BCUT2D eigenvalue weighted by Crippen LogP contribution is -2.49. The molecule has 0 saturated heterocycles. The smallest absolute Gasteiger partial charge is 0.230 e. The summed E-state index contributed by atoms with van der Waals surface area (Å²) in [7, 11) is 2.32. The van der Waals surface area contributed by atoms with Crippen molar-refractivity contribution in [3.05, 3.63) is 0 Å². The number of hydrogen-bond donors (Lipinski definition) is 2. The predicted molar refractivity (Wildman–Crippen MR) is 93.3 cm³/mol. The first-order chi connectivity index (χ1) is 10.7. The van der Waals surface area contributed by atoms with Gasteiger partial charge in [0.1, 0.15) is 9.84 Å². The van der Waals surface area contributed by atoms with Crippen LogP contribution in [0.3, 0.4) is 0 Å². The maximum absolute atomic E-state index is 12.5. The van der Waals surface area contributed by atoms with Crippen LogP contribution in [0.2, 0.25) is 0 Å². The molecule has 1 amide bonds. The average molecular weight is 346 g/mol. The summed E-state index contributed by atoms with van der Waals surface area (Å²) in [5.74, 6) is 0.923. The number of guanidine groups is 1. The van der Waals surface area contributed by atoms with E-state index in [4.69, 9.17) is 0 Å². The number of carbonyl (C=O) groups is 1. The van der Waals surface area contributed by atoms with E-state index >= 15 is 0 Å². The molecular formula is C15H30N4O3S. The maximum Gasteiger partial charge on any atom is 0.230 e. The number of aliphatic imine (C=N–C) groups is 1. The zero-order valence-electron chi connectivity index (χ0n) is 14.7. The van der Waals surface area contributed by atoms with E-state index in [0.717, 1.165) is 25.7 Å². The minimum atomic E-state index is -2.94. The number of nitrogens with one attached hydrogen (secondary N) is 2. The van der Waals surface area contributed by atoms with Gasteiger partial charge >= 0.3 is 0 Å². The van der Waals surface area contributed by atoms with Gasteiger partial charge in [-0.05, 0) is 19.3 Å². The zero-order valence-corrected chi connectivity index (χ0v) is 15.5. The molecule has 2 N–H and O–H groups in total. The molecule has 7 nitrogen and oxygen atoms in total. The van der Waals surface area contributed by atoms with Crippen molar-refractivity contribution in [2.45, 2.75) is 32.1 Å².